The zero-order valence-electron chi connectivity index (χ0n) is 14.5. The minimum absolute atomic E-state index is 0.213. The summed E-state index contributed by atoms with van der Waals surface area (Å²) in [6.07, 6.45) is 2.32. The highest BCUT2D eigenvalue weighted by Crippen LogP contribution is 2.27. The maximum atomic E-state index is 12.4. The number of amides is 1. The van der Waals surface area contributed by atoms with Crippen LogP contribution in [0.3, 0.4) is 0 Å². The molecule has 2 heterocycles. The van der Waals surface area contributed by atoms with Gasteiger partial charge in [0.1, 0.15) is 11.1 Å². The van der Waals surface area contributed by atoms with Crippen molar-refractivity contribution in [3.05, 3.63) is 46.8 Å². The molecule has 2 aromatic rings. The van der Waals surface area contributed by atoms with Gasteiger partial charge < -0.3 is 14.8 Å². The molecule has 140 valence electrons. The fourth-order valence-corrected chi connectivity index (χ4v) is 4.45. The predicted octanol–water partition coefficient (Wildman–Crippen LogP) is 3.69. The molecule has 0 spiro atoms. The van der Waals surface area contributed by atoms with Gasteiger partial charge in [-0.3, -0.25) is 4.79 Å². The Labute approximate surface area is 165 Å². The Balaban J connectivity index is 1.54. The molecule has 1 atom stereocenters. The highest BCUT2D eigenvalue weighted by atomic mass is 32.2. The van der Waals surface area contributed by atoms with Crippen molar-refractivity contribution in [2.75, 3.05) is 24.3 Å². The van der Waals surface area contributed by atoms with Crippen LogP contribution in [-0.2, 0) is 14.3 Å². The molecule has 1 aromatic carbocycles. The van der Waals surface area contributed by atoms with Crippen molar-refractivity contribution in [3.63, 3.8) is 0 Å². The van der Waals surface area contributed by atoms with E-state index in [0.717, 1.165) is 30.1 Å². The molecule has 1 fully saturated rings. The summed E-state index contributed by atoms with van der Waals surface area (Å²) in [5, 5.41) is 13.7. The molecule has 1 N–H and O–H groups in total. The maximum absolute atomic E-state index is 12.4. The number of hydrogen-bond acceptors (Lipinski definition) is 7. The lowest BCUT2D eigenvalue weighted by atomic mass is 10.2. The zero-order valence-corrected chi connectivity index (χ0v) is 16.1. The van der Waals surface area contributed by atoms with E-state index in [1.807, 2.05) is 18.2 Å². The summed E-state index contributed by atoms with van der Waals surface area (Å²) < 4.78 is 10.8. The Morgan fingerprint density at radius 1 is 1.37 bits per heavy atom. The van der Waals surface area contributed by atoms with Crippen LogP contribution in [0.15, 0.2) is 40.6 Å². The van der Waals surface area contributed by atoms with Gasteiger partial charge in [0, 0.05) is 17.3 Å². The van der Waals surface area contributed by atoms with E-state index in [9.17, 15) is 9.59 Å². The molecule has 0 unspecified atom stereocenters. The first-order chi connectivity index (χ1) is 13.2. The first-order valence-electron chi connectivity index (χ1n) is 8.45. The molecular formula is C19H18N2O4S2. The van der Waals surface area contributed by atoms with Gasteiger partial charge >= 0.3 is 5.97 Å². The number of nitrogens with zero attached hydrogens (tertiary/aromatic N) is 1. The van der Waals surface area contributed by atoms with Crippen molar-refractivity contribution in [3.8, 4) is 6.07 Å². The average molecular weight is 402 g/mol. The molecule has 0 bridgehead atoms. The monoisotopic (exact) mass is 402 g/mol. The fraction of sp³-hybridized carbons (Fsp3) is 0.316. The molecule has 1 saturated heterocycles. The van der Waals surface area contributed by atoms with Crippen LogP contribution in [0.5, 0.6) is 0 Å². The van der Waals surface area contributed by atoms with Gasteiger partial charge in [0.25, 0.3) is 5.91 Å². The van der Waals surface area contributed by atoms with E-state index in [0.29, 0.717) is 16.1 Å². The third-order valence-corrected chi connectivity index (χ3v) is 5.96. The molecule has 1 aromatic heterocycles. The van der Waals surface area contributed by atoms with Crippen LogP contribution in [0, 0.1) is 11.3 Å². The second-order valence-electron chi connectivity index (χ2n) is 5.84. The first kappa shape index (κ1) is 19.4. The first-order valence-corrected chi connectivity index (χ1v) is 10.3. The van der Waals surface area contributed by atoms with Crippen molar-refractivity contribution in [2.24, 2.45) is 0 Å². The summed E-state index contributed by atoms with van der Waals surface area (Å²) in [7, 11) is 0. The highest BCUT2D eigenvalue weighted by molar-refractivity contribution is 7.99. The summed E-state index contributed by atoms with van der Waals surface area (Å²) in [6, 6.07) is 10.8. The van der Waals surface area contributed by atoms with Crippen molar-refractivity contribution in [1.82, 2.24) is 0 Å². The second kappa shape index (κ2) is 9.55. The van der Waals surface area contributed by atoms with Crippen molar-refractivity contribution >= 4 is 40.0 Å². The number of ether oxygens (including phenoxy) is 2. The van der Waals surface area contributed by atoms with Gasteiger partial charge in [0.2, 0.25) is 0 Å². The van der Waals surface area contributed by atoms with Crippen molar-refractivity contribution < 1.29 is 19.1 Å². The number of benzene rings is 1. The van der Waals surface area contributed by atoms with Crippen LogP contribution >= 0.6 is 23.1 Å². The van der Waals surface area contributed by atoms with E-state index < -0.39 is 18.5 Å². The standard InChI is InChI=1S/C19H18N2O4S2/c20-10-13-7-9-26-18(13)21-17(22)11-25-19(23)15-5-1-2-6-16(15)27-12-14-4-3-8-24-14/h1-2,5-7,9,14H,3-4,8,11-12H2,(H,21,22)/t14-/m0/s1. The molecule has 27 heavy (non-hydrogen) atoms. The number of thiophene rings is 1. The molecule has 1 amide bonds. The van der Waals surface area contributed by atoms with Crippen LogP contribution in [-0.4, -0.2) is 36.9 Å². The molecular weight excluding hydrogens is 384 g/mol. The number of thioether (sulfide) groups is 1. The Morgan fingerprint density at radius 2 is 2.22 bits per heavy atom. The van der Waals surface area contributed by atoms with Crippen LogP contribution in [0.25, 0.3) is 0 Å². The number of esters is 1. The van der Waals surface area contributed by atoms with Gasteiger partial charge in [-0.25, -0.2) is 4.79 Å². The zero-order chi connectivity index (χ0) is 19.1. The topological polar surface area (TPSA) is 88.4 Å². The van der Waals surface area contributed by atoms with Gasteiger partial charge in [-0.15, -0.1) is 23.1 Å². The fourth-order valence-electron chi connectivity index (χ4n) is 2.59. The van der Waals surface area contributed by atoms with Crippen LogP contribution in [0.1, 0.15) is 28.8 Å². The normalized spacial score (nSPS) is 15.9. The number of anilines is 1. The quantitative estimate of drug-likeness (QED) is 0.561. The Hall–Kier alpha value is -2.34. The smallest absolute Gasteiger partial charge is 0.339 e. The summed E-state index contributed by atoms with van der Waals surface area (Å²) in [4.78, 5) is 25.2. The van der Waals surface area contributed by atoms with E-state index in [2.05, 4.69) is 5.32 Å². The lowest BCUT2D eigenvalue weighted by Gasteiger charge is -2.12. The van der Waals surface area contributed by atoms with Crippen molar-refractivity contribution in [2.45, 2.75) is 23.8 Å². The minimum Gasteiger partial charge on any atom is -0.452 e. The van der Waals surface area contributed by atoms with E-state index in [4.69, 9.17) is 14.7 Å². The van der Waals surface area contributed by atoms with Gasteiger partial charge in [-0.05, 0) is 36.4 Å². The van der Waals surface area contributed by atoms with Gasteiger partial charge in [0.15, 0.2) is 6.61 Å². The highest BCUT2D eigenvalue weighted by Gasteiger charge is 2.19. The predicted molar refractivity (Wildman–Crippen MR) is 104 cm³/mol. The summed E-state index contributed by atoms with van der Waals surface area (Å²) in [6.45, 7) is 0.383. The molecule has 8 heteroatoms. The molecule has 0 radical (unpaired) electrons. The average Bonchev–Trinajstić information content (AvgIpc) is 3.36. The molecule has 3 rings (SSSR count). The van der Waals surface area contributed by atoms with Crippen LogP contribution in [0.4, 0.5) is 5.00 Å². The number of carbonyl (C=O) groups excluding carboxylic acids is 2. The van der Waals surface area contributed by atoms with E-state index in [1.165, 1.54) is 11.3 Å². The van der Waals surface area contributed by atoms with Gasteiger partial charge in [-0.2, -0.15) is 5.26 Å². The van der Waals surface area contributed by atoms with E-state index in [1.54, 1.807) is 35.3 Å². The lowest BCUT2D eigenvalue weighted by molar-refractivity contribution is -0.119. The molecule has 1 aliphatic rings. The van der Waals surface area contributed by atoms with Crippen molar-refractivity contribution in [1.29, 1.82) is 5.26 Å². The largest absolute Gasteiger partial charge is 0.452 e. The summed E-state index contributed by atoms with van der Waals surface area (Å²) >= 11 is 2.80. The number of hydrogen-bond donors (Lipinski definition) is 1. The van der Waals surface area contributed by atoms with Gasteiger partial charge in [0.05, 0.1) is 17.2 Å². The summed E-state index contributed by atoms with van der Waals surface area (Å²) in [5.41, 5.74) is 0.817. The SMILES string of the molecule is N#Cc1ccsc1NC(=O)COC(=O)c1ccccc1SC[C@@H]1CCCO1. The number of rotatable bonds is 7. The Bertz CT molecular complexity index is 853. The number of carbonyl (C=O) groups is 2. The summed E-state index contributed by atoms with van der Waals surface area (Å²) in [5.74, 6) is -0.251. The van der Waals surface area contributed by atoms with Crippen LogP contribution in [0.2, 0.25) is 0 Å². The van der Waals surface area contributed by atoms with E-state index in [-0.39, 0.29) is 6.10 Å². The lowest BCUT2D eigenvalue weighted by Crippen LogP contribution is -2.21. The Kier molecular flexibility index (Phi) is 6.87. The maximum Gasteiger partial charge on any atom is 0.339 e. The minimum atomic E-state index is -0.549. The molecule has 1 aliphatic heterocycles. The number of nitrogens with one attached hydrogen (secondary N) is 1. The third kappa shape index (κ3) is 5.32. The Morgan fingerprint density at radius 3 is 3.00 bits per heavy atom. The molecule has 0 saturated carbocycles. The third-order valence-electron chi connectivity index (χ3n) is 3.93. The van der Waals surface area contributed by atoms with Crippen LogP contribution < -0.4 is 5.32 Å². The van der Waals surface area contributed by atoms with Gasteiger partial charge in [-0.1, -0.05) is 12.1 Å². The second-order valence-corrected chi connectivity index (χ2v) is 7.82. The number of nitriles is 1. The molecule has 6 nitrogen and oxygen atoms in total. The molecule has 0 aliphatic carbocycles. The van der Waals surface area contributed by atoms with E-state index >= 15 is 0 Å².